The predicted molar refractivity (Wildman–Crippen MR) is 149 cm³/mol. The highest BCUT2D eigenvalue weighted by Crippen LogP contribution is 2.43. The maximum absolute atomic E-state index is 6.29. The molecule has 1 fully saturated rings. The predicted octanol–water partition coefficient (Wildman–Crippen LogP) is 7.45. The molecule has 1 aliphatic heterocycles. The number of hydrogen-bond acceptors (Lipinski definition) is 3. The number of benzene rings is 4. The minimum atomic E-state index is -0.360. The number of hydrogen-bond donors (Lipinski definition) is 0. The largest absolute Gasteiger partial charge is 0.494 e. The SMILES string of the molecule is CC1(C)OB(c2ccc(-n3c4ccccc4c4ccc5c6ccccc6sc5c43)cc2)OC1(C)C. The molecule has 1 saturated heterocycles. The van der Waals surface area contributed by atoms with Crippen LogP contribution < -0.4 is 5.46 Å². The smallest absolute Gasteiger partial charge is 0.399 e. The first-order chi connectivity index (χ1) is 16.8. The summed E-state index contributed by atoms with van der Waals surface area (Å²) < 4.78 is 17.6. The summed E-state index contributed by atoms with van der Waals surface area (Å²) >= 11 is 1.88. The van der Waals surface area contributed by atoms with Crippen molar-refractivity contribution in [1.29, 1.82) is 0 Å². The molecule has 0 bridgehead atoms. The molecule has 0 N–H and O–H groups in total. The number of fused-ring (bicyclic) bond motifs is 7. The summed E-state index contributed by atoms with van der Waals surface area (Å²) in [4.78, 5) is 0. The molecular weight excluding hydrogens is 449 g/mol. The van der Waals surface area contributed by atoms with Gasteiger partial charge in [0, 0.05) is 31.9 Å². The molecule has 35 heavy (non-hydrogen) atoms. The second kappa shape index (κ2) is 7.20. The van der Waals surface area contributed by atoms with Crippen molar-refractivity contribution < 1.29 is 9.31 Å². The summed E-state index contributed by atoms with van der Waals surface area (Å²) in [7, 11) is -0.360. The van der Waals surface area contributed by atoms with Crippen LogP contribution in [-0.2, 0) is 9.31 Å². The van der Waals surface area contributed by atoms with E-state index in [0.717, 1.165) is 11.2 Å². The Morgan fingerprint density at radius 2 is 1.29 bits per heavy atom. The summed E-state index contributed by atoms with van der Waals surface area (Å²) in [5.41, 5.74) is 3.97. The van der Waals surface area contributed by atoms with Gasteiger partial charge >= 0.3 is 7.12 Å². The molecular formula is C30H26BNO2S. The van der Waals surface area contributed by atoms with E-state index in [1.165, 1.54) is 42.0 Å². The Bertz CT molecular complexity index is 1740. The molecule has 0 saturated carbocycles. The van der Waals surface area contributed by atoms with Gasteiger partial charge in [-0.3, -0.25) is 0 Å². The topological polar surface area (TPSA) is 23.4 Å². The fourth-order valence-electron chi connectivity index (χ4n) is 5.26. The summed E-state index contributed by atoms with van der Waals surface area (Å²) in [6, 6.07) is 30.6. The molecule has 0 radical (unpaired) electrons. The monoisotopic (exact) mass is 475 g/mol. The molecule has 3 nitrogen and oxygen atoms in total. The Kier molecular flexibility index (Phi) is 4.36. The first-order valence-electron chi connectivity index (χ1n) is 12.1. The minimum Gasteiger partial charge on any atom is -0.399 e. The van der Waals surface area contributed by atoms with E-state index in [9.17, 15) is 0 Å². The van der Waals surface area contributed by atoms with Crippen molar-refractivity contribution in [1.82, 2.24) is 4.57 Å². The van der Waals surface area contributed by atoms with Crippen LogP contribution in [0.1, 0.15) is 27.7 Å². The minimum absolute atomic E-state index is 0.351. The van der Waals surface area contributed by atoms with Crippen LogP contribution >= 0.6 is 11.3 Å². The van der Waals surface area contributed by atoms with Crippen molar-refractivity contribution in [3.63, 3.8) is 0 Å². The van der Waals surface area contributed by atoms with Gasteiger partial charge in [0.1, 0.15) is 0 Å². The van der Waals surface area contributed by atoms with E-state index in [2.05, 4.69) is 117 Å². The highest BCUT2D eigenvalue weighted by Gasteiger charge is 2.51. The summed E-state index contributed by atoms with van der Waals surface area (Å²) in [5, 5.41) is 5.20. The van der Waals surface area contributed by atoms with Gasteiger partial charge in [-0.1, -0.05) is 60.7 Å². The molecule has 6 aromatic rings. The molecule has 7 rings (SSSR count). The Morgan fingerprint density at radius 1 is 0.657 bits per heavy atom. The van der Waals surface area contributed by atoms with Gasteiger partial charge in [-0.2, -0.15) is 0 Å². The molecule has 0 aliphatic carbocycles. The van der Waals surface area contributed by atoms with Gasteiger partial charge in [0.2, 0.25) is 0 Å². The molecule has 5 heteroatoms. The van der Waals surface area contributed by atoms with E-state index in [1.54, 1.807) is 0 Å². The molecule has 3 heterocycles. The van der Waals surface area contributed by atoms with Crippen LogP contribution in [0.2, 0.25) is 0 Å². The van der Waals surface area contributed by atoms with E-state index < -0.39 is 0 Å². The number of thiophene rings is 1. The molecule has 4 aromatic carbocycles. The summed E-state index contributed by atoms with van der Waals surface area (Å²) in [6.45, 7) is 8.37. The van der Waals surface area contributed by atoms with Crippen LogP contribution in [0.5, 0.6) is 0 Å². The lowest BCUT2D eigenvalue weighted by molar-refractivity contribution is 0.00578. The van der Waals surface area contributed by atoms with Crippen molar-refractivity contribution in [2.24, 2.45) is 0 Å². The van der Waals surface area contributed by atoms with Crippen LogP contribution in [0.25, 0.3) is 47.7 Å². The van der Waals surface area contributed by atoms with Crippen molar-refractivity contribution >= 4 is 65.9 Å². The van der Waals surface area contributed by atoms with Gasteiger partial charge in [-0.25, -0.2) is 0 Å². The lowest BCUT2D eigenvalue weighted by atomic mass is 9.79. The highest BCUT2D eigenvalue weighted by atomic mass is 32.1. The van der Waals surface area contributed by atoms with Crippen molar-refractivity contribution in [3.05, 3.63) is 84.9 Å². The van der Waals surface area contributed by atoms with E-state index >= 15 is 0 Å². The van der Waals surface area contributed by atoms with Crippen molar-refractivity contribution in [2.75, 3.05) is 0 Å². The quantitative estimate of drug-likeness (QED) is 0.243. The van der Waals surface area contributed by atoms with Crippen LogP contribution in [-0.4, -0.2) is 22.9 Å². The van der Waals surface area contributed by atoms with Crippen LogP contribution in [0.15, 0.2) is 84.9 Å². The maximum Gasteiger partial charge on any atom is 0.494 e. The zero-order valence-electron chi connectivity index (χ0n) is 20.3. The van der Waals surface area contributed by atoms with E-state index in [0.29, 0.717) is 0 Å². The van der Waals surface area contributed by atoms with Crippen LogP contribution in [0.4, 0.5) is 0 Å². The van der Waals surface area contributed by atoms with Gasteiger partial charge in [-0.15, -0.1) is 11.3 Å². The summed E-state index contributed by atoms with van der Waals surface area (Å²) in [5.74, 6) is 0. The van der Waals surface area contributed by atoms with Gasteiger partial charge < -0.3 is 13.9 Å². The van der Waals surface area contributed by atoms with Gasteiger partial charge in [0.25, 0.3) is 0 Å². The number of rotatable bonds is 2. The van der Waals surface area contributed by atoms with Crippen molar-refractivity contribution in [2.45, 2.75) is 38.9 Å². The molecule has 0 amide bonds. The second-order valence-electron chi connectivity index (χ2n) is 10.5. The summed E-state index contributed by atoms with van der Waals surface area (Å²) in [6.07, 6.45) is 0. The molecule has 2 aromatic heterocycles. The molecule has 0 atom stereocenters. The number of para-hydroxylation sites is 1. The van der Waals surface area contributed by atoms with E-state index in [-0.39, 0.29) is 18.3 Å². The first-order valence-corrected chi connectivity index (χ1v) is 13.0. The maximum atomic E-state index is 6.29. The third-order valence-corrected chi connectivity index (χ3v) is 9.05. The zero-order chi connectivity index (χ0) is 23.9. The Labute approximate surface area is 209 Å². The van der Waals surface area contributed by atoms with Crippen molar-refractivity contribution in [3.8, 4) is 5.69 Å². The Hall–Kier alpha value is -3.12. The van der Waals surface area contributed by atoms with E-state index in [1.807, 2.05) is 11.3 Å². The van der Waals surface area contributed by atoms with E-state index in [4.69, 9.17) is 9.31 Å². The lowest BCUT2D eigenvalue weighted by Crippen LogP contribution is -2.41. The molecule has 172 valence electrons. The average molecular weight is 475 g/mol. The van der Waals surface area contributed by atoms with Gasteiger partial charge in [0.05, 0.1) is 26.9 Å². The molecule has 1 aliphatic rings. The number of aromatic nitrogens is 1. The zero-order valence-corrected chi connectivity index (χ0v) is 21.1. The number of nitrogens with zero attached hydrogens (tertiary/aromatic N) is 1. The normalized spacial score (nSPS) is 17.3. The molecule has 0 unspecified atom stereocenters. The standard InChI is InChI=1S/C30H26BNO2S/c1-29(2)30(3,4)34-31(33-29)19-13-15-20(16-14-19)32-25-11-7-5-9-21(25)23-17-18-24-22-10-6-8-12-26(22)35-28(24)27(23)32/h5-18H,1-4H3. The first kappa shape index (κ1) is 21.2. The third-order valence-electron chi connectivity index (χ3n) is 7.86. The lowest BCUT2D eigenvalue weighted by Gasteiger charge is -2.32. The van der Waals surface area contributed by atoms with Crippen LogP contribution in [0.3, 0.4) is 0 Å². The third kappa shape index (κ3) is 2.99. The average Bonchev–Trinajstić information content (AvgIpc) is 3.46. The Balaban J connectivity index is 1.45. The highest BCUT2D eigenvalue weighted by molar-refractivity contribution is 7.26. The Morgan fingerprint density at radius 3 is 2.03 bits per heavy atom. The van der Waals surface area contributed by atoms with Crippen LogP contribution in [0, 0.1) is 0 Å². The van der Waals surface area contributed by atoms with Gasteiger partial charge in [0.15, 0.2) is 0 Å². The fourth-order valence-corrected chi connectivity index (χ4v) is 6.50. The second-order valence-corrected chi connectivity index (χ2v) is 11.5. The molecule has 0 spiro atoms. The fraction of sp³-hybridized carbons (Fsp3) is 0.200. The van der Waals surface area contributed by atoms with Gasteiger partial charge in [-0.05, 0) is 57.4 Å².